The van der Waals surface area contributed by atoms with Gasteiger partial charge in [-0.05, 0) is 29.5 Å². The number of ether oxygens (including phenoxy) is 1. The molecule has 0 unspecified atom stereocenters. The minimum Gasteiger partial charge on any atom is -0.488 e. The Morgan fingerprint density at radius 2 is 2.00 bits per heavy atom. The highest BCUT2D eigenvalue weighted by Gasteiger charge is 2.20. The monoisotopic (exact) mass is 339 g/mol. The van der Waals surface area contributed by atoms with E-state index in [4.69, 9.17) is 4.74 Å². The van der Waals surface area contributed by atoms with Crippen molar-refractivity contribution in [3.63, 3.8) is 0 Å². The zero-order chi connectivity index (χ0) is 16.4. The lowest BCUT2D eigenvalue weighted by Crippen LogP contribution is -2.34. The lowest BCUT2D eigenvalue weighted by Gasteiger charge is -2.25. The first-order valence-corrected chi connectivity index (χ1v) is 9.42. The van der Waals surface area contributed by atoms with Gasteiger partial charge in [0.1, 0.15) is 18.1 Å². The van der Waals surface area contributed by atoms with E-state index in [9.17, 15) is 4.79 Å². The maximum absolute atomic E-state index is 11.4. The van der Waals surface area contributed by atoms with E-state index >= 15 is 0 Å². The first kappa shape index (κ1) is 15.6. The number of benzene rings is 1. The van der Waals surface area contributed by atoms with E-state index in [-0.39, 0.29) is 0 Å². The largest absolute Gasteiger partial charge is 0.488 e. The van der Waals surface area contributed by atoms with Gasteiger partial charge in [-0.15, -0.1) is 11.3 Å². The summed E-state index contributed by atoms with van der Waals surface area (Å²) in [7, 11) is 0. The Morgan fingerprint density at radius 1 is 1.17 bits per heavy atom. The molecule has 24 heavy (non-hydrogen) atoms. The Bertz CT molecular complexity index is 767. The summed E-state index contributed by atoms with van der Waals surface area (Å²) < 4.78 is 5.99. The number of carbonyl (C=O) groups excluding carboxylic acids is 1. The summed E-state index contributed by atoms with van der Waals surface area (Å²) in [5.41, 5.74) is 3.75. The Labute approximate surface area is 146 Å². The van der Waals surface area contributed by atoms with Crippen LogP contribution in [0.25, 0.3) is 5.57 Å². The summed E-state index contributed by atoms with van der Waals surface area (Å²) in [5.74, 6) is 1.37. The molecule has 124 valence electrons. The third-order valence-corrected chi connectivity index (χ3v) is 5.75. The quantitative estimate of drug-likeness (QED) is 0.842. The molecule has 1 aromatic heterocycles. The number of para-hydroxylation sites is 1. The van der Waals surface area contributed by atoms with Crippen molar-refractivity contribution in [1.82, 2.24) is 4.90 Å². The maximum Gasteiger partial charge on any atom is 0.135 e. The van der Waals surface area contributed by atoms with Crippen molar-refractivity contribution >= 4 is 22.7 Å². The van der Waals surface area contributed by atoms with Crippen LogP contribution < -0.4 is 4.74 Å². The second kappa shape index (κ2) is 6.91. The van der Waals surface area contributed by atoms with Gasteiger partial charge in [0.25, 0.3) is 0 Å². The molecule has 0 radical (unpaired) electrons. The van der Waals surface area contributed by atoms with Gasteiger partial charge in [0.15, 0.2) is 0 Å². The fraction of sp³-hybridized carbons (Fsp3) is 0.350. The van der Waals surface area contributed by atoms with Gasteiger partial charge >= 0.3 is 0 Å². The van der Waals surface area contributed by atoms with Crippen molar-refractivity contribution < 1.29 is 9.53 Å². The van der Waals surface area contributed by atoms with E-state index in [2.05, 4.69) is 40.6 Å². The first-order valence-electron chi connectivity index (χ1n) is 8.54. The van der Waals surface area contributed by atoms with Gasteiger partial charge in [-0.3, -0.25) is 4.79 Å². The van der Waals surface area contributed by atoms with Gasteiger partial charge in [0, 0.05) is 48.5 Å². The van der Waals surface area contributed by atoms with Crippen LogP contribution in [0.3, 0.4) is 0 Å². The van der Waals surface area contributed by atoms with Crippen molar-refractivity contribution in [2.75, 3.05) is 19.6 Å². The number of ketones is 1. The molecule has 0 saturated carbocycles. The lowest BCUT2D eigenvalue weighted by molar-refractivity contribution is -0.121. The van der Waals surface area contributed by atoms with E-state index in [1.165, 1.54) is 21.6 Å². The number of rotatable bonds is 3. The summed E-state index contributed by atoms with van der Waals surface area (Å²) in [6.45, 7) is 3.47. The molecule has 0 aliphatic carbocycles. The summed E-state index contributed by atoms with van der Waals surface area (Å²) in [6, 6.07) is 10.5. The fourth-order valence-electron chi connectivity index (χ4n) is 3.40. The molecule has 2 aliphatic rings. The van der Waals surface area contributed by atoms with Crippen molar-refractivity contribution in [3.8, 4) is 5.75 Å². The predicted octanol–water partition coefficient (Wildman–Crippen LogP) is 4.13. The second-order valence-corrected chi connectivity index (χ2v) is 7.26. The third kappa shape index (κ3) is 3.17. The summed E-state index contributed by atoms with van der Waals surface area (Å²) in [4.78, 5) is 15.1. The molecule has 2 aliphatic heterocycles. The molecule has 3 heterocycles. The number of carbonyl (C=O) groups is 1. The van der Waals surface area contributed by atoms with Gasteiger partial charge in [0.05, 0.1) is 0 Å². The molecule has 0 bridgehead atoms. The SMILES string of the molecule is O=C1CCN(CC/C=C2/c3ccccc3OCc3ccsc32)CC1. The molecule has 1 fully saturated rings. The predicted molar refractivity (Wildman–Crippen MR) is 97.5 cm³/mol. The molecule has 1 aromatic carbocycles. The Kier molecular flexibility index (Phi) is 4.50. The first-order chi connectivity index (χ1) is 11.8. The highest BCUT2D eigenvalue weighted by Crippen LogP contribution is 2.39. The highest BCUT2D eigenvalue weighted by molar-refractivity contribution is 7.11. The average Bonchev–Trinajstić information content (AvgIpc) is 3.02. The lowest BCUT2D eigenvalue weighted by atomic mass is 10.0. The number of piperidine rings is 1. The van der Waals surface area contributed by atoms with Crippen LogP contribution in [0, 0.1) is 0 Å². The Balaban J connectivity index is 1.56. The zero-order valence-corrected chi connectivity index (χ0v) is 14.5. The summed E-state index contributed by atoms with van der Waals surface area (Å²) >= 11 is 1.79. The van der Waals surface area contributed by atoms with Crippen LogP contribution in [0.1, 0.15) is 35.3 Å². The van der Waals surface area contributed by atoms with E-state index in [1.54, 1.807) is 11.3 Å². The summed E-state index contributed by atoms with van der Waals surface area (Å²) in [6.07, 6.45) is 4.76. The van der Waals surface area contributed by atoms with E-state index in [1.807, 2.05) is 6.07 Å². The molecular formula is C20H21NO2S. The van der Waals surface area contributed by atoms with E-state index in [0.717, 1.165) is 31.8 Å². The van der Waals surface area contributed by atoms with Gasteiger partial charge < -0.3 is 9.64 Å². The molecule has 0 atom stereocenters. The number of thiophene rings is 1. The van der Waals surface area contributed by atoms with Crippen LogP contribution in [0.5, 0.6) is 5.75 Å². The Morgan fingerprint density at radius 3 is 2.88 bits per heavy atom. The number of nitrogens with zero attached hydrogens (tertiary/aromatic N) is 1. The summed E-state index contributed by atoms with van der Waals surface area (Å²) in [5, 5.41) is 2.14. The number of fused-ring (bicyclic) bond motifs is 2. The molecule has 1 saturated heterocycles. The van der Waals surface area contributed by atoms with E-state index in [0.29, 0.717) is 25.2 Å². The molecule has 3 nitrogen and oxygen atoms in total. The standard InChI is InChI=1S/C20H21NO2S/c22-16-7-11-21(12-8-16)10-3-5-18-17-4-1-2-6-19(17)23-14-15-9-13-24-20(15)18/h1-2,4-6,9,13H,3,7-8,10-12,14H2/b18-5-. The second-order valence-electron chi connectivity index (χ2n) is 6.35. The normalized spacial score (nSPS) is 19.5. The fourth-order valence-corrected chi connectivity index (χ4v) is 4.37. The number of Topliss-reactive ketones (excluding diaryl/α,β-unsaturated/α-hetero) is 1. The molecular weight excluding hydrogens is 318 g/mol. The molecule has 0 spiro atoms. The maximum atomic E-state index is 11.4. The smallest absolute Gasteiger partial charge is 0.135 e. The van der Waals surface area contributed by atoms with Gasteiger partial charge in [-0.25, -0.2) is 0 Å². The third-order valence-electron chi connectivity index (χ3n) is 4.76. The number of hydrogen-bond acceptors (Lipinski definition) is 4. The molecule has 2 aromatic rings. The van der Waals surface area contributed by atoms with Crippen molar-refractivity contribution in [3.05, 3.63) is 57.8 Å². The number of hydrogen-bond donors (Lipinski definition) is 0. The number of likely N-dealkylation sites (tertiary alicyclic amines) is 1. The zero-order valence-electron chi connectivity index (χ0n) is 13.7. The van der Waals surface area contributed by atoms with Crippen LogP contribution >= 0.6 is 11.3 Å². The van der Waals surface area contributed by atoms with Gasteiger partial charge in [-0.1, -0.05) is 24.3 Å². The van der Waals surface area contributed by atoms with E-state index < -0.39 is 0 Å². The molecule has 0 N–H and O–H groups in total. The van der Waals surface area contributed by atoms with Crippen LogP contribution in [0.2, 0.25) is 0 Å². The van der Waals surface area contributed by atoms with Crippen molar-refractivity contribution in [2.24, 2.45) is 0 Å². The minimum atomic E-state index is 0.405. The molecule has 4 heteroatoms. The van der Waals surface area contributed by atoms with Crippen molar-refractivity contribution in [2.45, 2.75) is 25.9 Å². The van der Waals surface area contributed by atoms with Crippen LogP contribution in [0.4, 0.5) is 0 Å². The molecule has 4 rings (SSSR count). The Hall–Kier alpha value is -1.91. The minimum absolute atomic E-state index is 0.405. The highest BCUT2D eigenvalue weighted by atomic mass is 32.1. The average molecular weight is 339 g/mol. The van der Waals surface area contributed by atoms with Crippen molar-refractivity contribution in [1.29, 1.82) is 0 Å². The van der Waals surface area contributed by atoms with Crippen LogP contribution in [-0.2, 0) is 11.4 Å². The van der Waals surface area contributed by atoms with Gasteiger partial charge in [0.2, 0.25) is 0 Å². The topological polar surface area (TPSA) is 29.5 Å². The molecule has 0 amide bonds. The van der Waals surface area contributed by atoms with Crippen LogP contribution in [-0.4, -0.2) is 30.3 Å². The van der Waals surface area contributed by atoms with Gasteiger partial charge in [-0.2, -0.15) is 0 Å². The van der Waals surface area contributed by atoms with Crippen LogP contribution in [0.15, 0.2) is 41.8 Å².